The molecule has 3 rings (SSSR count). The van der Waals surface area contributed by atoms with Gasteiger partial charge in [-0.25, -0.2) is 17.9 Å². The van der Waals surface area contributed by atoms with Gasteiger partial charge in [-0.15, -0.1) is 16.9 Å². The topological polar surface area (TPSA) is 101 Å². The number of rotatable bonds is 12. The van der Waals surface area contributed by atoms with Gasteiger partial charge in [-0.1, -0.05) is 28.9 Å². The Morgan fingerprint density at radius 2 is 1.77 bits per heavy atom. The maximum Gasteiger partial charge on any atom is 0.194 e. The summed E-state index contributed by atoms with van der Waals surface area (Å²) in [6.45, 7) is 0.914. The monoisotopic (exact) mass is 531 g/mol. The molecule has 4 atom stereocenters. The zero-order chi connectivity index (χ0) is 25.5. The first-order valence-electron chi connectivity index (χ1n) is 10.7. The standard InChI is InChI=1S/C23H25ClF3N3O4S/c1-13(32)21(12-31)34-23(35-7-6-14-2-4-16(24)5-3-14)20(33)11-30-10-19(28-29-30)15-8-17(25)22(27)18(26)9-15/h2-5,8-10,13,20-21,23,31-33H,6-7,11-12H2,1H3/t13-,20-,21?,23-/m1/s1. The minimum atomic E-state index is -1.58. The molecule has 7 nitrogen and oxygen atoms in total. The van der Waals surface area contributed by atoms with Crippen LogP contribution in [0.5, 0.6) is 0 Å². The van der Waals surface area contributed by atoms with Crippen molar-refractivity contribution in [1.82, 2.24) is 15.0 Å². The van der Waals surface area contributed by atoms with Crippen molar-refractivity contribution in [2.24, 2.45) is 0 Å². The molecule has 2 aromatic carbocycles. The number of aryl methyl sites for hydroxylation is 1. The molecule has 0 saturated carbocycles. The first-order valence-corrected chi connectivity index (χ1v) is 12.1. The molecule has 0 spiro atoms. The highest BCUT2D eigenvalue weighted by molar-refractivity contribution is 7.99. The van der Waals surface area contributed by atoms with E-state index in [0.717, 1.165) is 17.7 Å². The number of aliphatic hydroxyl groups excluding tert-OH is 3. The third-order valence-corrected chi connectivity index (χ3v) is 6.57. The molecule has 0 radical (unpaired) electrons. The summed E-state index contributed by atoms with van der Waals surface area (Å²) in [4.78, 5) is 0. The molecule has 1 unspecified atom stereocenters. The van der Waals surface area contributed by atoms with E-state index >= 15 is 0 Å². The van der Waals surface area contributed by atoms with Crippen molar-refractivity contribution in [1.29, 1.82) is 0 Å². The van der Waals surface area contributed by atoms with E-state index in [0.29, 0.717) is 17.2 Å². The Kier molecular flexibility index (Phi) is 9.96. The predicted molar refractivity (Wildman–Crippen MR) is 126 cm³/mol. The largest absolute Gasteiger partial charge is 0.394 e. The third kappa shape index (κ3) is 7.66. The van der Waals surface area contributed by atoms with E-state index in [2.05, 4.69) is 10.3 Å². The van der Waals surface area contributed by atoms with Gasteiger partial charge in [0.25, 0.3) is 0 Å². The van der Waals surface area contributed by atoms with E-state index in [1.807, 2.05) is 12.1 Å². The molecular weight excluding hydrogens is 507 g/mol. The normalized spacial score (nSPS) is 15.1. The Morgan fingerprint density at radius 3 is 2.37 bits per heavy atom. The predicted octanol–water partition coefficient (Wildman–Crippen LogP) is 3.44. The summed E-state index contributed by atoms with van der Waals surface area (Å²) < 4.78 is 47.4. The number of benzene rings is 2. The molecular formula is C23H25ClF3N3O4S. The van der Waals surface area contributed by atoms with Crippen molar-refractivity contribution in [3.05, 3.63) is 70.6 Å². The second-order valence-corrected chi connectivity index (χ2v) is 9.50. The molecule has 0 bridgehead atoms. The zero-order valence-corrected chi connectivity index (χ0v) is 20.3. The Labute approximate surface area is 209 Å². The van der Waals surface area contributed by atoms with Crippen molar-refractivity contribution < 1.29 is 33.2 Å². The minimum absolute atomic E-state index is 0.0123. The third-order valence-electron chi connectivity index (χ3n) is 5.12. The molecule has 190 valence electrons. The summed E-state index contributed by atoms with van der Waals surface area (Å²) in [7, 11) is 0. The SMILES string of the molecule is C[C@@H](O)C(CO)O[C@H](SCCc1ccc(Cl)cc1)[C@H](O)Cn1cc(-c2cc(F)c(F)c(F)c2)nn1. The van der Waals surface area contributed by atoms with Crippen LogP contribution in [0.3, 0.4) is 0 Å². The summed E-state index contributed by atoms with van der Waals surface area (Å²) in [5.74, 6) is -3.73. The maximum atomic E-state index is 13.6. The van der Waals surface area contributed by atoms with Crippen LogP contribution in [0.25, 0.3) is 11.3 Å². The van der Waals surface area contributed by atoms with Crippen LogP contribution in [0.15, 0.2) is 42.6 Å². The summed E-state index contributed by atoms with van der Waals surface area (Å²) >= 11 is 7.20. The number of aliphatic hydroxyl groups is 3. The number of nitrogens with zero attached hydrogens (tertiary/aromatic N) is 3. The zero-order valence-electron chi connectivity index (χ0n) is 18.7. The van der Waals surface area contributed by atoms with Crippen LogP contribution in [0.2, 0.25) is 5.02 Å². The fourth-order valence-electron chi connectivity index (χ4n) is 3.17. The van der Waals surface area contributed by atoms with Gasteiger partial charge in [-0.2, -0.15) is 0 Å². The fourth-order valence-corrected chi connectivity index (χ4v) is 4.41. The average molecular weight is 532 g/mol. The molecule has 1 aromatic heterocycles. The maximum absolute atomic E-state index is 13.6. The van der Waals surface area contributed by atoms with Crippen molar-refractivity contribution in [2.75, 3.05) is 12.4 Å². The van der Waals surface area contributed by atoms with Gasteiger partial charge in [0.1, 0.15) is 23.3 Å². The van der Waals surface area contributed by atoms with Crippen LogP contribution in [-0.2, 0) is 17.7 Å². The quantitative estimate of drug-likeness (QED) is 0.243. The Hall–Kier alpha value is -2.15. The smallest absolute Gasteiger partial charge is 0.194 e. The molecule has 0 saturated heterocycles. The van der Waals surface area contributed by atoms with Gasteiger partial charge < -0.3 is 20.1 Å². The van der Waals surface area contributed by atoms with E-state index in [-0.39, 0.29) is 17.8 Å². The lowest BCUT2D eigenvalue weighted by atomic mass is 10.1. The lowest BCUT2D eigenvalue weighted by molar-refractivity contribution is -0.0972. The molecule has 0 fully saturated rings. The Balaban J connectivity index is 1.69. The van der Waals surface area contributed by atoms with Gasteiger partial charge in [0.05, 0.1) is 25.5 Å². The number of aromatic nitrogens is 3. The van der Waals surface area contributed by atoms with Crippen LogP contribution in [0, 0.1) is 17.5 Å². The molecule has 35 heavy (non-hydrogen) atoms. The lowest BCUT2D eigenvalue weighted by Crippen LogP contribution is -2.39. The molecule has 1 heterocycles. The second kappa shape index (κ2) is 12.7. The number of hydrogen-bond acceptors (Lipinski definition) is 7. The van der Waals surface area contributed by atoms with Crippen LogP contribution in [-0.4, -0.2) is 66.4 Å². The van der Waals surface area contributed by atoms with Gasteiger partial charge in [-0.05, 0) is 48.9 Å². The number of hydrogen-bond donors (Lipinski definition) is 3. The van der Waals surface area contributed by atoms with E-state index in [1.54, 1.807) is 12.1 Å². The van der Waals surface area contributed by atoms with E-state index in [4.69, 9.17) is 16.3 Å². The summed E-state index contributed by atoms with van der Waals surface area (Å²) in [5, 5.41) is 38.5. The summed E-state index contributed by atoms with van der Waals surface area (Å²) in [5.41, 5.74) is 0.258. The van der Waals surface area contributed by atoms with Crippen molar-refractivity contribution in [3.63, 3.8) is 0 Å². The number of thioether (sulfide) groups is 1. The molecule has 0 aliphatic carbocycles. The van der Waals surface area contributed by atoms with Gasteiger partial charge in [-0.3, -0.25) is 0 Å². The highest BCUT2D eigenvalue weighted by atomic mass is 35.5. The molecule has 12 heteroatoms. The van der Waals surface area contributed by atoms with Crippen LogP contribution in [0.4, 0.5) is 13.2 Å². The van der Waals surface area contributed by atoms with Gasteiger partial charge in [0, 0.05) is 10.6 Å². The number of ether oxygens (including phenoxy) is 1. The number of halogens is 4. The van der Waals surface area contributed by atoms with Gasteiger partial charge in [0.2, 0.25) is 0 Å². The lowest BCUT2D eigenvalue weighted by Gasteiger charge is -2.28. The molecule has 3 aromatic rings. The average Bonchev–Trinajstić information content (AvgIpc) is 3.28. The van der Waals surface area contributed by atoms with Gasteiger partial charge in [0.15, 0.2) is 17.5 Å². The first-order chi connectivity index (χ1) is 16.7. The fraction of sp³-hybridized carbons (Fsp3) is 0.391. The summed E-state index contributed by atoms with van der Waals surface area (Å²) in [6.07, 6.45) is -1.04. The van der Waals surface area contributed by atoms with Crippen molar-refractivity contribution in [3.8, 4) is 11.3 Å². The second-order valence-electron chi connectivity index (χ2n) is 7.86. The first kappa shape index (κ1) is 27.4. The van der Waals surface area contributed by atoms with Crippen molar-refractivity contribution >= 4 is 23.4 Å². The van der Waals surface area contributed by atoms with Crippen LogP contribution < -0.4 is 0 Å². The molecule has 3 N–H and O–H groups in total. The van der Waals surface area contributed by atoms with E-state index in [1.165, 1.54) is 29.6 Å². The molecule has 0 aliphatic heterocycles. The molecule has 0 aliphatic rings. The Morgan fingerprint density at radius 1 is 1.11 bits per heavy atom. The summed E-state index contributed by atoms with van der Waals surface area (Å²) in [6, 6.07) is 8.94. The molecule has 0 amide bonds. The van der Waals surface area contributed by atoms with E-state index in [9.17, 15) is 28.5 Å². The highest BCUT2D eigenvalue weighted by Crippen LogP contribution is 2.24. The highest BCUT2D eigenvalue weighted by Gasteiger charge is 2.27. The van der Waals surface area contributed by atoms with E-state index < -0.39 is 47.8 Å². The van der Waals surface area contributed by atoms with Crippen LogP contribution in [0.1, 0.15) is 12.5 Å². The van der Waals surface area contributed by atoms with Crippen molar-refractivity contribution in [2.45, 2.75) is 43.6 Å². The Bertz CT molecular complexity index is 1080. The minimum Gasteiger partial charge on any atom is -0.394 e. The van der Waals surface area contributed by atoms with Crippen LogP contribution >= 0.6 is 23.4 Å². The van der Waals surface area contributed by atoms with Gasteiger partial charge >= 0.3 is 0 Å².